The van der Waals surface area contributed by atoms with Crippen molar-refractivity contribution in [2.45, 2.75) is 0 Å². The summed E-state index contributed by atoms with van der Waals surface area (Å²) in [5, 5.41) is 2.26. The summed E-state index contributed by atoms with van der Waals surface area (Å²) in [6, 6.07) is 5.29. The summed E-state index contributed by atoms with van der Waals surface area (Å²) in [6.45, 7) is 0. The molecule has 3 N–H and O–H groups in total. The van der Waals surface area contributed by atoms with Crippen molar-refractivity contribution in [3.8, 4) is 0 Å². The van der Waals surface area contributed by atoms with Crippen LogP contribution in [0.25, 0.3) is 0 Å². The van der Waals surface area contributed by atoms with Gasteiger partial charge in [0.1, 0.15) is 22.6 Å². The van der Waals surface area contributed by atoms with E-state index in [9.17, 15) is 13.6 Å². The number of anilines is 2. The number of nitrogen functional groups attached to an aromatic ring is 1. The van der Waals surface area contributed by atoms with Gasteiger partial charge in [-0.15, -0.1) is 0 Å². The maximum Gasteiger partial charge on any atom is 0.255 e. The second-order valence-corrected chi connectivity index (χ2v) is 4.07. The summed E-state index contributed by atoms with van der Waals surface area (Å²) in [4.78, 5) is 15.5. The third-order valence-corrected chi connectivity index (χ3v) is 2.45. The molecule has 0 unspecified atom stereocenters. The summed E-state index contributed by atoms with van der Waals surface area (Å²) >= 11 is 5.65. The molecule has 1 aromatic carbocycles. The molecule has 0 bridgehead atoms. The van der Waals surface area contributed by atoms with Gasteiger partial charge in [-0.2, -0.15) is 0 Å². The van der Waals surface area contributed by atoms with E-state index in [4.69, 9.17) is 17.3 Å². The number of pyridine rings is 1. The molecule has 1 aromatic heterocycles. The summed E-state index contributed by atoms with van der Waals surface area (Å²) in [7, 11) is 0. The maximum absolute atomic E-state index is 13.4. The van der Waals surface area contributed by atoms with Gasteiger partial charge in [-0.05, 0) is 24.3 Å². The molecular weight excluding hydrogens is 276 g/mol. The Morgan fingerprint density at radius 3 is 2.68 bits per heavy atom. The van der Waals surface area contributed by atoms with Crippen LogP contribution in [0.15, 0.2) is 30.3 Å². The summed E-state index contributed by atoms with van der Waals surface area (Å²) in [6.07, 6.45) is 0. The van der Waals surface area contributed by atoms with Crippen LogP contribution in [0.3, 0.4) is 0 Å². The molecule has 4 nitrogen and oxygen atoms in total. The minimum atomic E-state index is -0.747. The lowest BCUT2D eigenvalue weighted by Gasteiger charge is -2.07. The molecule has 0 fully saturated rings. The molecule has 0 spiro atoms. The number of nitrogens with zero attached hydrogens (tertiary/aromatic N) is 1. The molecule has 0 saturated carbocycles. The number of halogens is 3. The van der Waals surface area contributed by atoms with Crippen LogP contribution >= 0.6 is 11.6 Å². The molecule has 0 aliphatic carbocycles. The SMILES string of the molecule is Nc1cc(C(=O)Nc2cc(F)ccc2F)cc(Cl)n1. The van der Waals surface area contributed by atoms with Crippen molar-refractivity contribution in [2.24, 2.45) is 0 Å². The van der Waals surface area contributed by atoms with Crippen molar-refractivity contribution in [3.05, 3.63) is 52.7 Å². The van der Waals surface area contributed by atoms with Gasteiger partial charge in [-0.25, -0.2) is 13.8 Å². The monoisotopic (exact) mass is 283 g/mol. The molecule has 2 rings (SSSR count). The molecule has 0 radical (unpaired) electrons. The Morgan fingerprint density at radius 1 is 1.26 bits per heavy atom. The lowest BCUT2D eigenvalue weighted by molar-refractivity contribution is 0.102. The molecule has 1 heterocycles. The Labute approximate surface area is 112 Å². The number of benzene rings is 1. The largest absolute Gasteiger partial charge is 0.384 e. The normalized spacial score (nSPS) is 10.3. The molecule has 0 aliphatic rings. The lowest BCUT2D eigenvalue weighted by Crippen LogP contribution is -2.14. The lowest BCUT2D eigenvalue weighted by atomic mass is 10.2. The predicted octanol–water partition coefficient (Wildman–Crippen LogP) is 2.85. The summed E-state index contributed by atoms with van der Waals surface area (Å²) in [5.41, 5.74) is 5.27. The van der Waals surface area contributed by atoms with Crippen molar-refractivity contribution < 1.29 is 13.6 Å². The van der Waals surface area contributed by atoms with Crippen LogP contribution in [0.2, 0.25) is 5.15 Å². The Hall–Kier alpha value is -2.21. The molecule has 7 heteroatoms. The van der Waals surface area contributed by atoms with Crippen molar-refractivity contribution in [2.75, 3.05) is 11.1 Å². The molecule has 1 amide bonds. The van der Waals surface area contributed by atoms with Gasteiger partial charge in [-0.3, -0.25) is 4.79 Å². The molecule has 0 atom stereocenters. The van der Waals surface area contributed by atoms with Crippen molar-refractivity contribution in [3.63, 3.8) is 0 Å². The topological polar surface area (TPSA) is 68.0 Å². The Bertz CT molecular complexity index is 629. The van der Waals surface area contributed by atoms with E-state index in [1.54, 1.807) is 0 Å². The van der Waals surface area contributed by atoms with Crippen LogP contribution in [0, 0.1) is 11.6 Å². The summed E-state index contributed by atoms with van der Waals surface area (Å²) < 4.78 is 26.3. The maximum atomic E-state index is 13.4. The van der Waals surface area contributed by atoms with E-state index < -0.39 is 17.5 Å². The zero-order valence-corrected chi connectivity index (χ0v) is 10.2. The minimum absolute atomic E-state index is 0.0323. The number of rotatable bonds is 2. The first-order valence-corrected chi connectivity index (χ1v) is 5.53. The van der Waals surface area contributed by atoms with Gasteiger partial charge >= 0.3 is 0 Å². The van der Waals surface area contributed by atoms with Gasteiger partial charge in [0.05, 0.1) is 5.69 Å². The number of nitrogens with two attached hydrogens (primary N) is 1. The second-order valence-electron chi connectivity index (χ2n) is 3.68. The Kier molecular flexibility index (Phi) is 3.62. The second kappa shape index (κ2) is 5.19. The molecule has 0 aliphatic heterocycles. The average Bonchev–Trinajstić information content (AvgIpc) is 2.32. The Morgan fingerprint density at radius 2 is 2.00 bits per heavy atom. The summed E-state index contributed by atoms with van der Waals surface area (Å²) in [5.74, 6) is -2.02. The van der Waals surface area contributed by atoms with E-state index >= 15 is 0 Å². The first-order valence-electron chi connectivity index (χ1n) is 5.15. The van der Waals surface area contributed by atoms with Gasteiger partial charge in [-0.1, -0.05) is 11.6 Å². The zero-order valence-electron chi connectivity index (χ0n) is 9.45. The van der Waals surface area contributed by atoms with E-state index in [1.807, 2.05) is 0 Å². The quantitative estimate of drug-likeness (QED) is 0.833. The van der Waals surface area contributed by atoms with E-state index in [0.717, 1.165) is 18.2 Å². The number of hydrogen-bond donors (Lipinski definition) is 2. The van der Waals surface area contributed by atoms with Crippen LogP contribution in [0.4, 0.5) is 20.3 Å². The highest BCUT2D eigenvalue weighted by molar-refractivity contribution is 6.30. The zero-order chi connectivity index (χ0) is 14.0. The highest BCUT2D eigenvalue weighted by Gasteiger charge is 2.12. The van der Waals surface area contributed by atoms with E-state index in [0.29, 0.717) is 0 Å². The molecule has 0 saturated heterocycles. The molecule has 19 heavy (non-hydrogen) atoms. The number of carbonyl (C=O) groups excluding carboxylic acids is 1. The molecule has 98 valence electrons. The third kappa shape index (κ3) is 3.17. The number of hydrogen-bond acceptors (Lipinski definition) is 3. The Balaban J connectivity index is 2.28. The number of amides is 1. The number of aromatic nitrogens is 1. The van der Waals surface area contributed by atoms with E-state index in [2.05, 4.69) is 10.3 Å². The predicted molar refractivity (Wildman–Crippen MR) is 68.0 cm³/mol. The van der Waals surface area contributed by atoms with Crippen LogP contribution in [-0.4, -0.2) is 10.9 Å². The van der Waals surface area contributed by atoms with Crippen molar-refractivity contribution in [1.29, 1.82) is 0 Å². The first-order chi connectivity index (χ1) is 8.95. The third-order valence-electron chi connectivity index (χ3n) is 2.25. The number of carbonyl (C=O) groups is 1. The fourth-order valence-electron chi connectivity index (χ4n) is 1.44. The standard InChI is InChI=1S/C12H8ClF2N3O/c13-10-3-6(4-11(16)18-10)12(19)17-9-5-7(14)1-2-8(9)15/h1-5H,(H2,16,18)(H,17,19). The highest BCUT2D eigenvalue weighted by Crippen LogP contribution is 2.18. The first kappa shape index (κ1) is 13.2. The van der Waals surface area contributed by atoms with Gasteiger partial charge < -0.3 is 11.1 Å². The van der Waals surface area contributed by atoms with Crippen molar-refractivity contribution in [1.82, 2.24) is 4.98 Å². The number of nitrogens with one attached hydrogen (secondary N) is 1. The van der Waals surface area contributed by atoms with Crippen molar-refractivity contribution >= 4 is 29.0 Å². The van der Waals surface area contributed by atoms with Crippen LogP contribution in [0.5, 0.6) is 0 Å². The fraction of sp³-hybridized carbons (Fsp3) is 0. The van der Waals surface area contributed by atoms with Gasteiger partial charge in [0.15, 0.2) is 0 Å². The van der Waals surface area contributed by atoms with Crippen LogP contribution < -0.4 is 11.1 Å². The van der Waals surface area contributed by atoms with Crippen LogP contribution in [0.1, 0.15) is 10.4 Å². The van der Waals surface area contributed by atoms with Gasteiger partial charge in [0, 0.05) is 11.6 Å². The van der Waals surface area contributed by atoms with E-state index in [-0.39, 0.29) is 22.2 Å². The molecular formula is C12H8ClF2N3O. The average molecular weight is 284 g/mol. The highest BCUT2D eigenvalue weighted by atomic mass is 35.5. The van der Waals surface area contributed by atoms with Gasteiger partial charge in [0.25, 0.3) is 5.91 Å². The molecule has 2 aromatic rings. The van der Waals surface area contributed by atoms with Gasteiger partial charge in [0.2, 0.25) is 0 Å². The minimum Gasteiger partial charge on any atom is -0.384 e. The smallest absolute Gasteiger partial charge is 0.255 e. The van der Waals surface area contributed by atoms with E-state index in [1.165, 1.54) is 12.1 Å². The fourth-order valence-corrected chi connectivity index (χ4v) is 1.65. The van der Waals surface area contributed by atoms with Crippen LogP contribution in [-0.2, 0) is 0 Å².